The largest absolute Gasteiger partial charge is 0.457 e. The van der Waals surface area contributed by atoms with Crippen molar-refractivity contribution < 1.29 is 9.53 Å². The molecule has 0 spiro atoms. The quantitative estimate of drug-likeness (QED) is 0.731. The molecule has 0 aliphatic carbocycles. The molecule has 0 aromatic heterocycles. The second-order valence-electron chi connectivity index (χ2n) is 3.11. The first-order valence-corrected chi connectivity index (χ1v) is 5.66. The van der Waals surface area contributed by atoms with Crippen LogP contribution < -0.4 is 4.74 Å². The molecule has 2 heteroatoms. The summed E-state index contributed by atoms with van der Waals surface area (Å²) in [5.41, 5.74) is 0.614. The first-order valence-electron chi connectivity index (χ1n) is 5.66. The molecule has 0 heterocycles. The van der Waals surface area contributed by atoms with E-state index in [9.17, 15) is 4.79 Å². The molecule has 0 aliphatic rings. The highest BCUT2D eigenvalue weighted by molar-refractivity contribution is 5.75. The Morgan fingerprint density at radius 2 is 1.53 bits per heavy atom. The lowest BCUT2D eigenvalue weighted by molar-refractivity contribution is 0.112. The molecule has 88 valence electrons. The van der Waals surface area contributed by atoms with E-state index < -0.39 is 0 Å². The first kappa shape index (κ1) is 13.0. The SMILES string of the molecule is CC.O=Cc1cccc(Oc2ccccc2)c1. The van der Waals surface area contributed by atoms with E-state index in [2.05, 4.69) is 0 Å². The van der Waals surface area contributed by atoms with Crippen LogP contribution in [0.4, 0.5) is 0 Å². The van der Waals surface area contributed by atoms with E-state index in [4.69, 9.17) is 4.74 Å². The molecule has 0 aliphatic heterocycles. The molecule has 0 saturated heterocycles. The van der Waals surface area contributed by atoms with E-state index in [0.717, 1.165) is 12.0 Å². The van der Waals surface area contributed by atoms with Gasteiger partial charge >= 0.3 is 0 Å². The fourth-order valence-corrected chi connectivity index (χ4v) is 1.28. The number of aldehydes is 1. The average Bonchev–Trinajstić information content (AvgIpc) is 2.42. The van der Waals surface area contributed by atoms with E-state index in [0.29, 0.717) is 11.3 Å². The van der Waals surface area contributed by atoms with Gasteiger partial charge in [0.15, 0.2) is 0 Å². The lowest BCUT2D eigenvalue weighted by Crippen LogP contribution is -1.85. The Labute approximate surface area is 102 Å². The summed E-state index contributed by atoms with van der Waals surface area (Å²) in [7, 11) is 0. The molecule has 0 unspecified atom stereocenters. The van der Waals surface area contributed by atoms with Crippen LogP contribution in [0.1, 0.15) is 24.2 Å². The van der Waals surface area contributed by atoms with Crippen LogP contribution in [0.3, 0.4) is 0 Å². The maximum atomic E-state index is 10.6. The number of hydrogen-bond acceptors (Lipinski definition) is 2. The molecule has 0 amide bonds. The van der Waals surface area contributed by atoms with Crippen molar-refractivity contribution >= 4 is 6.29 Å². The smallest absolute Gasteiger partial charge is 0.150 e. The van der Waals surface area contributed by atoms with Gasteiger partial charge in [0.2, 0.25) is 0 Å². The van der Waals surface area contributed by atoms with Gasteiger partial charge in [-0.2, -0.15) is 0 Å². The summed E-state index contributed by atoms with van der Waals surface area (Å²) in [6.07, 6.45) is 0.803. The Hall–Kier alpha value is -2.09. The Morgan fingerprint density at radius 1 is 0.882 bits per heavy atom. The molecule has 0 atom stereocenters. The molecular formula is C15H16O2. The zero-order valence-electron chi connectivity index (χ0n) is 10.1. The van der Waals surface area contributed by atoms with Crippen molar-refractivity contribution in [2.24, 2.45) is 0 Å². The summed E-state index contributed by atoms with van der Waals surface area (Å²) in [6.45, 7) is 4.00. The maximum absolute atomic E-state index is 10.6. The van der Waals surface area contributed by atoms with Gasteiger partial charge in [0.25, 0.3) is 0 Å². The van der Waals surface area contributed by atoms with E-state index in [1.165, 1.54) is 0 Å². The van der Waals surface area contributed by atoms with Crippen LogP contribution >= 0.6 is 0 Å². The molecule has 2 aromatic rings. The third-order valence-electron chi connectivity index (χ3n) is 1.97. The minimum Gasteiger partial charge on any atom is -0.457 e. The normalized spacial score (nSPS) is 8.82. The number of carbonyl (C=O) groups is 1. The minimum absolute atomic E-state index is 0.614. The Morgan fingerprint density at radius 3 is 2.18 bits per heavy atom. The Bertz CT molecular complexity index is 449. The van der Waals surface area contributed by atoms with Crippen molar-refractivity contribution in [3.05, 3.63) is 60.2 Å². The molecule has 2 aromatic carbocycles. The number of para-hydroxylation sites is 1. The van der Waals surface area contributed by atoms with Crippen molar-refractivity contribution in [3.8, 4) is 11.5 Å². The van der Waals surface area contributed by atoms with Crippen LogP contribution in [0.2, 0.25) is 0 Å². The van der Waals surface area contributed by atoms with Crippen LogP contribution in [-0.2, 0) is 0 Å². The number of carbonyl (C=O) groups excluding carboxylic acids is 1. The van der Waals surface area contributed by atoms with Crippen molar-refractivity contribution in [2.45, 2.75) is 13.8 Å². The first-order chi connectivity index (χ1) is 8.38. The van der Waals surface area contributed by atoms with Gasteiger partial charge in [-0.1, -0.05) is 44.2 Å². The van der Waals surface area contributed by atoms with Gasteiger partial charge in [-0.25, -0.2) is 0 Å². The number of benzene rings is 2. The predicted molar refractivity (Wildman–Crippen MR) is 69.7 cm³/mol. The van der Waals surface area contributed by atoms with Crippen molar-refractivity contribution in [2.75, 3.05) is 0 Å². The highest BCUT2D eigenvalue weighted by Crippen LogP contribution is 2.20. The van der Waals surface area contributed by atoms with Crippen LogP contribution in [-0.4, -0.2) is 6.29 Å². The average molecular weight is 228 g/mol. The highest BCUT2D eigenvalue weighted by atomic mass is 16.5. The summed E-state index contributed by atoms with van der Waals surface area (Å²) >= 11 is 0. The molecule has 0 bridgehead atoms. The zero-order chi connectivity index (χ0) is 12.5. The van der Waals surface area contributed by atoms with Crippen LogP contribution in [0.5, 0.6) is 11.5 Å². The van der Waals surface area contributed by atoms with Crippen LogP contribution in [0, 0.1) is 0 Å². The van der Waals surface area contributed by atoms with Gasteiger partial charge in [-0.05, 0) is 24.3 Å². The molecular weight excluding hydrogens is 212 g/mol. The second kappa shape index (κ2) is 7.23. The summed E-state index contributed by atoms with van der Waals surface area (Å²) in [5, 5.41) is 0. The molecule has 0 saturated carbocycles. The van der Waals surface area contributed by atoms with Gasteiger partial charge in [-0.15, -0.1) is 0 Å². The van der Waals surface area contributed by atoms with Crippen molar-refractivity contribution in [1.29, 1.82) is 0 Å². The second-order valence-corrected chi connectivity index (χ2v) is 3.11. The van der Waals surface area contributed by atoms with E-state index >= 15 is 0 Å². The van der Waals surface area contributed by atoms with E-state index in [1.807, 2.05) is 50.2 Å². The Kier molecular flexibility index (Phi) is 5.52. The summed E-state index contributed by atoms with van der Waals surface area (Å²) in [4.78, 5) is 10.6. The minimum atomic E-state index is 0.614. The third kappa shape index (κ3) is 4.11. The lowest BCUT2D eigenvalue weighted by Gasteiger charge is -2.04. The molecule has 0 fully saturated rings. The van der Waals surface area contributed by atoms with E-state index in [-0.39, 0.29) is 0 Å². The summed E-state index contributed by atoms with van der Waals surface area (Å²) in [5.74, 6) is 1.44. The highest BCUT2D eigenvalue weighted by Gasteiger charge is 1.97. The maximum Gasteiger partial charge on any atom is 0.150 e. The fourth-order valence-electron chi connectivity index (χ4n) is 1.28. The van der Waals surface area contributed by atoms with Gasteiger partial charge in [0, 0.05) is 5.56 Å². The van der Waals surface area contributed by atoms with Crippen molar-refractivity contribution in [3.63, 3.8) is 0 Å². The van der Waals surface area contributed by atoms with Gasteiger partial charge < -0.3 is 4.74 Å². The number of ether oxygens (including phenoxy) is 1. The third-order valence-corrected chi connectivity index (χ3v) is 1.97. The number of hydrogen-bond donors (Lipinski definition) is 0. The van der Waals surface area contributed by atoms with Crippen molar-refractivity contribution in [1.82, 2.24) is 0 Å². The lowest BCUT2D eigenvalue weighted by atomic mass is 10.2. The number of rotatable bonds is 3. The monoisotopic (exact) mass is 228 g/mol. The molecule has 0 radical (unpaired) electrons. The van der Waals surface area contributed by atoms with E-state index in [1.54, 1.807) is 18.2 Å². The predicted octanol–water partition coefficient (Wildman–Crippen LogP) is 4.32. The van der Waals surface area contributed by atoms with Gasteiger partial charge in [0.1, 0.15) is 17.8 Å². The zero-order valence-corrected chi connectivity index (χ0v) is 10.1. The van der Waals surface area contributed by atoms with Crippen LogP contribution in [0.25, 0.3) is 0 Å². The van der Waals surface area contributed by atoms with Gasteiger partial charge in [-0.3, -0.25) is 4.79 Å². The van der Waals surface area contributed by atoms with Crippen LogP contribution in [0.15, 0.2) is 54.6 Å². The fraction of sp³-hybridized carbons (Fsp3) is 0.133. The summed E-state index contributed by atoms with van der Waals surface area (Å²) in [6, 6.07) is 16.5. The Balaban J connectivity index is 0.000000686. The molecule has 17 heavy (non-hydrogen) atoms. The summed E-state index contributed by atoms with van der Waals surface area (Å²) < 4.78 is 5.56. The van der Waals surface area contributed by atoms with Gasteiger partial charge in [0.05, 0.1) is 0 Å². The topological polar surface area (TPSA) is 26.3 Å². The molecule has 2 rings (SSSR count). The molecule has 0 N–H and O–H groups in total. The standard InChI is InChI=1S/C13H10O2.C2H6/c14-10-11-5-4-8-13(9-11)15-12-6-2-1-3-7-12;1-2/h1-10H;1-2H3. The molecule has 2 nitrogen and oxygen atoms in total.